The summed E-state index contributed by atoms with van der Waals surface area (Å²) in [7, 11) is 0. The van der Waals surface area contributed by atoms with E-state index in [1.807, 2.05) is 0 Å². The van der Waals surface area contributed by atoms with Crippen LogP contribution in [0.1, 0.15) is 38.2 Å². The van der Waals surface area contributed by atoms with Gasteiger partial charge in [0.15, 0.2) is 0 Å². The number of hydrogen-bond donors (Lipinski definition) is 2. The Balaban J connectivity index is 1.93. The summed E-state index contributed by atoms with van der Waals surface area (Å²) in [5.74, 6) is 1.13. The Morgan fingerprint density at radius 2 is 1.89 bits per heavy atom. The highest BCUT2D eigenvalue weighted by Crippen LogP contribution is 2.30. The minimum absolute atomic E-state index is 0.349. The van der Waals surface area contributed by atoms with Crippen LogP contribution in [-0.2, 0) is 6.42 Å². The topological polar surface area (TPSA) is 32.3 Å². The summed E-state index contributed by atoms with van der Waals surface area (Å²) in [6.45, 7) is 3.54. The zero-order valence-corrected chi connectivity index (χ0v) is 11.4. The van der Waals surface area contributed by atoms with Crippen LogP contribution in [0.5, 0.6) is 0 Å². The fourth-order valence-corrected chi connectivity index (χ4v) is 3.04. The number of benzene rings is 1. The minimum atomic E-state index is 0.349. The molecule has 18 heavy (non-hydrogen) atoms. The third-order valence-corrected chi connectivity index (χ3v) is 4.25. The summed E-state index contributed by atoms with van der Waals surface area (Å²) < 4.78 is 0. The van der Waals surface area contributed by atoms with Crippen molar-refractivity contribution < 1.29 is 5.11 Å². The van der Waals surface area contributed by atoms with Crippen molar-refractivity contribution in [3.8, 4) is 0 Å². The van der Waals surface area contributed by atoms with Gasteiger partial charge in [-0.25, -0.2) is 0 Å². The third-order valence-electron chi connectivity index (χ3n) is 4.25. The molecule has 1 aliphatic rings. The van der Waals surface area contributed by atoms with Gasteiger partial charge in [0.05, 0.1) is 0 Å². The lowest BCUT2D eigenvalue weighted by atomic mass is 9.79. The Morgan fingerprint density at radius 3 is 2.61 bits per heavy atom. The van der Waals surface area contributed by atoms with E-state index in [0.717, 1.165) is 13.0 Å². The average molecular weight is 247 g/mol. The summed E-state index contributed by atoms with van der Waals surface area (Å²) >= 11 is 0. The largest absolute Gasteiger partial charge is 0.396 e. The molecule has 2 unspecified atom stereocenters. The van der Waals surface area contributed by atoms with Gasteiger partial charge in [0.25, 0.3) is 0 Å². The van der Waals surface area contributed by atoms with E-state index in [0.29, 0.717) is 18.4 Å². The fraction of sp³-hybridized carbons (Fsp3) is 0.625. The number of hydrogen-bond acceptors (Lipinski definition) is 2. The lowest BCUT2D eigenvalue weighted by molar-refractivity contribution is 0.141. The molecule has 2 atom stereocenters. The molecule has 0 aromatic heterocycles. The van der Waals surface area contributed by atoms with Crippen molar-refractivity contribution in [2.75, 3.05) is 18.5 Å². The average Bonchev–Trinajstić information content (AvgIpc) is 2.45. The van der Waals surface area contributed by atoms with E-state index in [-0.39, 0.29) is 0 Å². The van der Waals surface area contributed by atoms with Crippen LogP contribution in [-0.4, -0.2) is 18.3 Å². The van der Waals surface area contributed by atoms with Crippen LogP contribution in [0.2, 0.25) is 0 Å². The second-order valence-electron chi connectivity index (χ2n) is 5.38. The molecule has 0 saturated heterocycles. The predicted molar refractivity (Wildman–Crippen MR) is 76.8 cm³/mol. The maximum Gasteiger partial charge on any atom is 0.0462 e. The maximum atomic E-state index is 9.43. The molecule has 1 aliphatic carbocycles. The standard InChI is InChI=1S/C16H25NO/c1-2-13-7-5-6-10-16(13)17-11-14-8-3-4-9-15(14)12-18/h5-7,10,14-15,17-18H,2-4,8-9,11-12H2,1H3. The van der Waals surface area contributed by atoms with Crippen molar-refractivity contribution in [2.45, 2.75) is 39.0 Å². The molecule has 0 radical (unpaired) electrons. The molecular formula is C16H25NO. The van der Waals surface area contributed by atoms with E-state index in [1.165, 1.54) is 36.9 Å². The van der Waals surface area contributed by atoms with Gasteiger partial charge in [-0.05, 0) is 42.7 Å². The van der Waals surface area contributed by atoms with Gasteiger partial charge < -0.3 is 10.4 Å². The molecule has 0 bridgehead atoms. The molecular weight excluding hydrogens is 222 g/mol. The first-order chi connectivity index (χ1) is 8.85. The van der Waals surface area contributed by atoms with Crippen LogP contribution in [0.4, 0.5) is 5.69 Å². The molecule has 1 fully saturated rings. The summed E-state index contributed by atoms with van der Waals surface area (Å²) in [5.41, 5.74) is 2.65. The molecule has 2 N–H and O–H groups in total. The SMILES string of the molecule is CCc1ccccc1NCC1CCCCC1CO. The quantitative estimate of drug-likeness (QED) is 0.835. The second kappa shape index (κ2) is 6.79. The van der Waals surface area contributed by atoms with Crippen molar-refractivity contribution in [1.29, 1.82) is 0 Å². The van der Waals surface area contributed by atoms with Crippen molar-refractivity contribution in [3.05, 3.63) is 29.8 Å². The minimum Gasteiger partial charge on any atom is -0.396 e. The van der Waals surface area contributed by atoms with Crippen molar-refractivity contribution in [2.24, 2.45) is 11.8 Å². The maximum absolute atomic E-state index is 9.43. The molecule has 0 aliphatic heterocycles. The Hall–Kier alpha value is -1.02. The molecule has 2 heteroatoms. The molecule has 0 spiro atoms. The van der Waals surface area contributed by atoms with E-state index in [4.69, 9.17) is 0 Å². The van der Waals surface area contributed by atoms with Gasteiger partial charge in [-0.15, -0.1) is 0 Å². The van der Waals surface area contributed by atoms with Crippen LogP contribution >= 0.6 is 0 Å². The zero-order valence-electron chi connectivity index (χ0n) is 11.4. The van der Waals surface area contributed by atoms with Crippen molar-refractivity contribution in [1.82, 2.24) is 0 Å². The Labute approximate surface area is 110 Å². The van der Waals surface area contributed by atoms with Gasteiger partial charge in [-0.3, -0.25) is 0 Å². The highest BCUT2D eigenvalue weighted by molar-refractivity contribution is 5.51. The van der Waals surface area contributed by atoms with E-state index in [9.17, 15) is 5.11 Å². The number of aliphatic hydroxyl groups excluding tert-OH is 1. The van der Waals surface area contributed by atoms with Crippen LogP contribution in [0.3, 0.4) is 0 Å². The van der Waals surface area contributed by atoms with Crippen molar-refractivity contribution in [3.63, 3.8) is 0 Å². The van der Waals surface area contributed by atoms with Crippen molar-refractivity contribution >= 4 is 5.69 Å². The smallest absolute Gasteiger partial charge is 0.0462 e. The Kier molecular flexibility index (Phi) is 5.06. The lowest BCUT2D eigenvalue weighted by Crippen LogP contribution is -2.28. The van der Waals surface area contributed by atoms with E-state index in [1.54, 1.807) is 0 Å². The first-order valence-corrected chi connectivity index (χ1v) is 7.27. The number of aryl methyl sites for hydroxylation is 1. The van der Waals surface area contributed by atoms with Crippen LogP contribution in [0.15, 0.2) is 24.3 Å². The third kappa shape index (κ3) is 3.26. The zero-order chi connectivity index (χ0) is 12.8. The second-order valence-corrected chi connectivity index (χ2v) is 5.38. The predicted octanol–water partition coefficient (Wildman–Crippen LogP) is 3.46. The summed E-state index contributed by atoms with van der Waals surface area (Å²) in [4.78, 5) is 0. The Morgan fingerprint density at radius 1 is 1.17 bits per heavy atom. The Bertz CT molecular complexity index is 364. The normalized spacial score (nSPS) is 23.9. The van der Waals surface area contributed by atoms with Gasteiger partial charge in [0.1, 0.15) is 0 Å². The van der Waals surface area contributed by atoms with E-state index in [2.05, 4.69) is 36.5 Å². The fourth-order valence-electron chi connectivity index (χ4n) is 3.04. The van der Waals surface area contributed by atoms with Gasteiger partial charge in [0.2, 0.25) is 0 Å². The molecule has 1 aromatic rings. The highest BCUT2D eigenvalue weighted by atomic mass is 16.3. The molecule has 2 nitrogen and oxygen atoms in total. The molecule has 1 saturated carbocycles. The van der Waals surface area contributed by atoms with Crippen LogP contribution in [0, 0.1) is 11.8 Å². The molecule has 2 rings (SSSR count). The van der Waals surface area contributed by atoms with Gasteiger partial charge in [0, 0.05) is 18.8 Å². The number of anilines is 1. The highest BCUT2D eigenvalue weighted by Gasteiger charge is 2.24. The van der Waals surface area contributed by atoms with Gasteiger partial charge >= 0.3 is 0 Å². The molecule has 1 aromatic carbocycles. The summed E-state index contributed by atoms with van der Waals surface area (Å²) in [5, 5.41) is 13.0. The number of aliphatic hydroxyl groups is 1. The summed E-state index contributed by atoms with van der Waals surface area (Å²) in [6, 6.07) is 8.54. The van der Waals surface area contributed by atoms with E-state index >= 15 is 0 Å². The van der Waals surface area contributed by atoms with E-state index < -0.39 is 0 Å². The van der Waals surface area contributed by atoms with Crippen LogP contribution in [0.25, 0.3) is 0 Å². The lowest BCUT2D eigenvalue weighted by Gasteiger charge is -2.30. The molecule has 0 amide bonds. The number of nitrogens with one attached hydrogen (secondary N) is 1. The first kappa shape index (κ1) is 13.4. The van der Waals surface area contributed by atoms with Gasteiger partial charge in [-0.2, -0.15) is 0 Å². The first-order valence-electron chi connectivity index (χ1n) is 7.27. The summed E-state index contributed by atoms with van der Waals surface area (Å²) in [6.07, 6.45) is 6.12. The van der Waals surface area contributed by atoms with Crippen LogP contribution < -0.4 is 5.32 Å². The van der Waals surface area contributed by atoms with Gasteiger partial charge in [-0.1, -0.05) is 38.0 Å². The number of rotatable bonds is 5. The monoisotopic (exact) mass is 247 g/mol. The number of para-hydroxylation sites is 1. The molecule has 100 valence electrons. The molecule has 0 heterocycles.